The Morgan fingerprint density at radius 2 is 1.50 bits per heavy atom. The second-order valence-corrected chi connectivity index (χ2v) is 6.20. The van der Waals surface area contributed by atoms with Crippen LogP contribution >= 0.6 is 0 Å². The van der Waals surface area contributed by atoms with Crippen LogP contribution in [0.1, 0.15) is 13.8 Å². The van der Waals surface area contributed by atoms with E-state index in [-0.39, 0.29) is 5.92 Å². The normalized spacial score (nSPS) is 12.4. The van der Waals surface area contributed by atoms with Crippen LogP contribution in [0.4, 0.5) is 0 Å². The average Bonchev–Trinajstić information content (AvgIpc) is 2.30. The van der Waals surface area contributed by atoms with Crippen LogP contribution in [0.2, 0.25) is 0 Å². The molecule has 0 rings (SSSR count). The summed E-state index contributed by atoms with van der Waals surface area (Å²) in [6, 6.07) is 0. The molecule has 16 heavy (non-hydrogen) atoms. The molecule has 0 amide bonds. The van der Waals surface area contributed by atoms with Crippen LogP contribution in [0.3, 0.4) is 0 Å². The quantitative estimate of drug-likeness (QED) is 0.377. The molecule has 0 saturated carbocycles. The van der Waals surface area contributed by atoms with Gasteiger partial charge in [-0.2, -0.15) is 0 Å². The Morgan fingerprint density at radius 3 is 1.81 bits per heavy atom. The van der Waals surface area contributed by atoms with E-state index in [1.807, 2.05) is 0 Å². The zero-order valence-electron chi connectivity index (χ0n) is 10.3. The molecule has 0 N–H and O–H groups in total. The van der Waals surface area contributed by atoms with Crippen LogP contribution in [0, 0.1) is 5.92 Å². The fraction of sp³-hybridized carbons (Fsp3) is 0.600. The van der Waals surface area contributed by atoms with E-state index in [1.165, 1.54) is 27.0 Å². The van der Waals surface area contributed by atoms with E-state index >= 15 is 0 Å². The number of ketones is 2. The van der Waals surface area contributed by atoms with E-state index < -0.39 is 20.4 Å². The number of allylic oxidation sites excluding steroid dienone is 1. The van der Waals surface area contributed by atoms with Crippen LogP contribution in [0.25, 0.3) is 0 Å². The van der Waals surface area contributed by atoms with Crippen LogP contribution in [0.5, 0.6) is 0 Å². The largest absolute Gasteiger partial charge is 0.528 e. The second-order valence-electron chi connectivity index (χ2n) is 3.43. The smallest absolute Gasteiger partial charge is 0.374 e. The fourth-order valence-corrected chi connectivity index (χ4v) is 2.26. The van der Waals surface area contributed by atoms with Gasteiger partial charge < -0.3 is 13.3 Å². The molecule has 0 spiro atoms. The first-order valence-electron chi connectivity index (χ1n) is 4.85. The summed E-state index contributed by atoms with van der Waals surface area (Å²) >= 11 is 0. The van der Waals surface area contributed by atoms with Gasteiger partial charge in [0.2, 0.25) is 11.6 Å². The number of carbonyl (C=O) groups is 2. The third-order valence-electron chi connectivity index (χ3n) is 2.06. The van der Waals surface area contributed by atoms with E-state index in [9.17, 15) is 9.59 Å². The summed E-state index contributed by atoms with van der Waals surface area (Å²) < 4.78 is 15.2. The van der Waals surface area contributed by atoms with Gasteiger partial charge in [-0.05, 0) is 11.8 Å². The molecule has 0 aromatic rings. The molecule has 0 bridgehead atoms. The highest BCUT2D eigenvalue weighted by molar-refractivity contribution is 6.67. The van der Waals surface area contributed by atoms with Gasteiger partial charge in [0.1, 0.15) is 0 Å². The third-order valence-corrected chi connectivity index (χ3v) is 4.34. The topological polar surface area (TPSA) is 61.8 Å². The number of carbonyl (C=O) groups excluding carboxylic acids is 2. The minimum Gasteiger partial charge on any atom is -0.374 e. The van der Waals surface area contributed by atoms with Crippen molar-refractivity contribution in [2.24, 2.45) is 5.92 Å². The summed E-state index contributed by atoms with van der Waals surface area (Å²) in [7, 11) is 1.37. The lowest BCUT2D eigenvalue weighted by molar-refractivity contribution is -0.135. The molecule has 0 unspecified atom stereocenters. The van der Waals surface area contributed by atoms with E-state index in [2.05, 4.69) is 0 Å². The maximum Gasteiger partial charge on any atom is 0.528 e. The monoisotopic (exact) mass is 246 g/mol. The van der Waals surface area contributed by atoms with Crippen molar-refractivity contribution in [3.05, 3.63) is 11.8 Å². The molecule has 0 fully saturated rings. The van der Waals surface area contributed by atoms with Gasteiger partial charge in [0, 0.05) is 27.2 Å². The van der Waals surface area contributed by atoms with Crippen LogP contribution in [-0.4, -0.2) is 41.7 Å². The Hall–Kier alpha value is -0.823. The molecule has 0 aromatic carbocycles. The van der Waals surface area contributed by atoms with Crippen molar-refractivity contribution < 1.29 is 22.9 Å². The van der Waals surface area contributed by atoms with Gasteiger partial charge in [0.15, 0.2) is 0 Å². The number of Topliss-reactive ketones (excluding diaryl/α,β-unsaturated/α-hetero) is 1. The van der Waals surface area contributed by atoms with Gasteiger partial charge in [-0.3, -0.25) is 9.59 Å². The lowest BCUT2D eigenvalue weighted by Gasteiger charge is -2.20. The van der Waals surface area contributed by atoms with Crippen molar-refractivity contribution in [1.29, 1.82) is 0 Å². The number of hydrogen-bond donors (Lipinski definition) is 0. The van der Waals surface area contributed by atoms with Gasteiger partial charge in [0.25, 0.3) is 0 Å². The maximum absolute atomic E-state index is 11.4. The highest BCUT2D eigenvalue weighted by Crippen LogP contribution is 2.08. The maximum atomic E-state index is 11.4. The molecule has 6 heteroatoms. The molecule has 5 nitrogen and oxygen atoms in total. The zero-order valence-corrected chi connectivity index (χ0v) is 11.3. The third kappa shape index (κ3) is 3.97. The molecule has 0 aromatic heterocycles. The lowest BCUT2D eigenvalue weighted by atomic mass is 10.1. The van der Waals surface area contributed by atoms with E-state index in [0.29, 0.717) is 0 Å². The summed E-state index contributed by atoms with van der Waals surface area (Å²) in [5.74, 6) is -1.33. The molecule has 0 aliphatic rings. The summed E-state index contributed by atoms with van der Waals surface area (Å²) in [5.41, 5.74) is 1.40. The van der Waals surface area contributed by atoms with Crippen LogP contribution in [0.15, 0.2) is 11.8 Å². The standard InChI is InChI=1S/C10H18O5Si/c1-8(2)10(12)9(11)6-7-16(13-3,14-4)15-5/h6-8H,1-5H3. The molecule has 0 atom stereocenters. The molecular formula is C10H18O5Si. The molecule has 0 aliphatic heterocycles. The Labute approximate surface area is 96.7 Å². The first-order valence-corrected chi connectivity index (χ1v) is 6.65. The van der Waals surface area contributed by atoms with Gasteiger partial charge in [0.05, 0.1) is 0 Å². The van der Waals surface area contributed by atoms with Gasteiger partial charge >= 0.3 is 8.80 Å². The highest BCUT2D eigenvalue weighted by Gasteiger charge is 2.35. The predicted molar refractivity (Wildman–Crippen MR) is 60.8 cm³/mol. The van der Waals surface area contributed by atoms with Crippen molar-refractivity contribution in [1.82, 2.24) is 0 Å². The van der Waals surface area contributed by atoms with Crippen molar-refractivity contribution in [3.8, 4) is 0 Å². The van der Waals surface area contributed by atoms with Crippen molar-refractivity contribution >= 4 is 20.4 Å². The Kier molecular flexibility index (Phi) is 6.35. The van der Waals surface area contributed by atoms with Gasteiger partial charge in [-0.1, -0.05) is 13.8 Å². The Balaban J connectivity index is 4.69. The van der Waals surface area contributed by atoms with E-state index in [0.717, 1.165) is 6.08 Å². The molecule has 0 heterocycles. The fourth-order valence-electron chi connectivity index (χ4n) is 0.999. The molecule has 92 valence electrons. The number of hydrogen-bond acceptors (Lipinski definition) is 5. The minimum atomic E-state index is -2.91. The zero-order chi connectivity index (χ0) is 12.8. The summed E-state index contributed by atoms with van der Waals surface area (Å²) in [4.78, 5) is 22.7. The minimum absolute atomic E-state index is 0.319. The van der Waals surface area contributed by atoms with E-state index in [1.54, 1.807) is 13.8 Å². The lowest BCUT2D eigenvalue weighted by Crippen LogP contribution is -2.41. The van der Waals surface area contributed by atoms with Crippen molar-refractivity contribution in [2.75, 3.05) is 21.3 Å². The van der Waals surface area contributed by atoms with Crippen molar-refractivity contribution in [3.63, 3.8) is 0 Å². The van der Waals surface area contributed by atoms with E-state index in [4.69, 9.17) is 13.3 Å². The van der Waals surface area contributed by atoms with Crippen LogP contribution < -0.4 is 0 Å². The summed E-state index contributed by atoms with van der Waals surface area (Å²) in [6.45, 7) is 3.34. The Bertz CT molecular complexity index is 273. The molecule has 0 radical (unpaired) electrons. The summed E-state index contributed by atoms with van der Waals surface area (Å²) in [5, 5.41) is 0. The SMILES string of the molecule is CO[Si](C=CC(=O)C(=O)C(C)C)(OC)OC. The number of rotatable bonds is 7. The van der Waals surface area contributed by atoms with Crippen LogP contribution in [-0.2, 0) is 22.9 Å². The first kappa shape index (κ1) is 15.2. The second kappa shape index (κ2) is 6.69. The molecular weight excluding hydrogens is 228 g/mol. The average molecular weight is 246 g/mol. The van der Waals surface area contributed by atoms with Gasteiger partial charge in [-0.15, -0.1) is 0 Å². The van der Waals surface area contributed by atoms with Crippen molar-refractivity contribution in [2.45, 2.75) is 13.8 Å². The van der Waals surface area contributed by atoms with Gasteiger partial charge in [-0.25, -0.2) is 0 Å². The molecule has 0 saturated heterocycles. The Morgan fingerprint density at radius 1 is 1.06 bits per heavy atom. The molecule has 0 aliphatic carbocycles. The highest BCUT2D eigenvalue weighted by atomic mass is 28.4. The predicted octanol–water partition coefficient (Wildman–Crippen LogP) is 0.754. The first-order chi connectivity index (χ1) is 7.42. The summed E-state index contributed by atoms with van der Waals surface area (Å²) in [6.07, 6.45) is 1.16.